The number of ether oxygens (including phenoxy) is 2. The number of amides is 1. The number of thioether (sulfide) groups is 1. The third-order valence-corrected chi connectivity index (χ3v) is 5.33. The Bertz CT molecular complexity index is 775. The molecule has 1 amide bonds. The van der Waals surface area contributed by atoms with Gasteiger partial charge in [-0.05, 0) is 29.3 Å². The Hall–Kier alpha value is -2.40. The average Bonchev–Trinajstić information content (AvgIpc) is 3.28. The minimum Gasteiger partial charge on any atom is -0.454 e. The molecule has 0 saturated carbocycles. The van der Waals surface area contributed by atoms with Crippen LogP contribution in [0.1, 0.15) is 16.5 Å². The zero-order valence-corrected chi connectivity index (χ0v) is 13.9. The van der Waals surface area contributed by atoms with Gasteiger partial charge in [-0.25, -0.2) is 0 Å². The van der Waals surface area contributed by atoms with E-state index in [0.717, 1.165) is 34.9 Å². The van der Waals surface area contributed by atoms with Gasteiger partial charge in [-0.2, -0.15) is 0 Å². The van der Waals surface area contributed by atoms with Gasteiger partial charge in [-0.3, -0.25) is 4.79 Å². The van der Waals surface area contributed by atoms with E-state index >= 15 is 0 Å². The molecule has 24 heavy (non-hydrogen) atoms. The molecule has 5 heteroatoms. The van der Waals surface area contributed by atoms with Gasteiger partial charge < -0.3 is 14.4 Å². The molecule has 2 aromatic carbocycles. The fourth-order valence-corrected chi connectivity index (χ4v) is 4.12. The first-order chi connectivity index (χ1) is 11.8. The van der Waals surface area contributed by atoms with Crippen LogP contribution in [0.2, 0.25) is 0 Å². The van der Waals surface area contributed by atoms with E-state index in [1.807, 2.05) is 59.5 Å². The third-order valence-electron chi connectivity index (χ3n) is 4.07. The normalized spacial score (nSPS) is 19.2. The van der Waals surface area contributed by atoms with Crippen LogP contribution in [-0.4, -0.2) is 29.9 Å². The summed E-state index contributed by atoms with van der Waals surface area (Å²) >= 11 is 1.77. The van der Waals surface area contributed by atoms with Crippen LogP contribution in [0.15, 0.2) is 54.6 Å². The van der Waals surface area contributed by atoms with Crippen molar-refractivity contribution < 1.29 is 14.3 Å². The highest BCUT2D eigenvalue weighted by atomic mass is 32.2. The van der Waals surface area contributed by atoms with Crippen LogP contribution in [0.5, 0.6) is 11.5 Å². The number of nitrogens with zero attached hydrogens (tertiary/aromatic N) is 1. The summed E-state index contributed by atoms with van der Waals surface area (Å²) in [5, 5.41) is 0.0208. The number of carbonyl (C=O) groups is 1. The van der Waals surface area contributed by atoms with Gasteiger partial charge in [0, 0.05) is 18.4 Å². The molecular weight excluding hydrogens is 322 g/mol. The van der Waals surface area contributed by atoms with Crippen LogP contribution in [0, 0.1) is 0 Å². The van der Waals surface area contributed by atoms with Crippen molar-refractivity contribution in [3.63, 3.8) is 0 Å². The molecule has 0 bridgehead atoms. The molecule has 1 saturated heterocycles. The quantitative estimate of drug-likeness (QED) is 0.799. The van der Waals surface area contributed by atoms with Crippen molar-refractivity contribution in [3.8, 4) is 11.5 Å². The van der Waals surface area contributed by atoms with Crippen molar-refractivity contribution in [2.75, 3.05) is 19.1 Å². The Labute approximate surface area is 145 Å². The maximum absolute atomic E-state index is 12.6. The molecule has 1 atom stereocenters. The summed E-state index contributed by atoms with van der Waals surface area (Å²) in [5.74, 6) is 2.49. The third kappa shape index (κ3) is 2.99. The first-order valence-electron chi connectivity index (χ1n) is 7.86. The Morgan fingerprint density at radius 2 is 1.96 bits per heavy atom. The van der Waals surface area contributed by atoms with Crippen molar-refractivity contribution in [3.05, 3.63) is 65.7 Å². The first kappa shape index (κ1) is 15.1. The average molecular weight is 339 g/mol. The molecule has 4 rings (SSSR count). The van der Waals surface area contributed by atoms with Crippen LogP contribution in [0.25, 0.3) is 6.08 Å². The molecule has 0 N–H and O–H groups in total. The number of hydrogen-bond acceptors (Lipinski definition) is 4. The van der Waals surface area contributed by atoms with Gasteiger partial charge >= 0.3 is 0 Å². The molecule has 2 aromatic rings. The van der Waals surface area contributed by atoms with Gasteiger partial charge in [0.2, 0.25) is 12.7 Å². The standard InChI is InChI=1S/C19H17NO3S/c21-18(9-6-14-4-2-1-3-5-14)20-10-11-24-19(20)15-7-8-16-17(12-15)23-13-22-16/h1-9,12,19H,10-11,13H2. The number of fused-ring (bicyclic) bond motifs is 1. The summed E-state index contributed by atoms with van der Waals surface area (Å²) in [6, 6.07) is 15.8. The van der Waals surface area contributed by atoms with Gasteiger partial charge in [0.25, 0.3) is 0 Å². The SMILES string of the molecule is O=C(C=Cc1ccccc1)N1CCSC1c1ccc2c(c1)OCO2. The summed E-state index contributed by atoms with van der Waals surface area (Å²) in [6.45, 7) is 1.01. The van der Waals surface area contributed by atoms with E-state index < -0.39 is 0 Å². The lowest BCUT2D eigenvalue weighted by molar-refractivity contribution is -0.126. The van der Waals surface area contributed by atoms with Crippen LogP contribution >= 0.6 is 11.8 Å². The molecule has 1 fully saturated rings. The molecule has 122 valence electrons. The molecule has 1 unspecified atom stereocenters. The van der Waals surface area contributed by atoms with Crippen LogP contribution in [0.4, 0.5) is 0 Å². The molecule has 0 spiro atoms. The second kappa shape index (κ2) is 6.61. The van der Waals surface area contributed by atoms with Crippen LogP contribution in [-0.2, 0) is 4.79 Å². The number of hydrogen-bond donors (Lipinski definition) is 0. The second-order valence-corrected chi connectivity index (χ2v) is 6.80. The van der Waals surface area contributed by atoms with E-state index in [1.165, 1.54) is 0 Å². The largest absolute Gasteiger partial charge is 0.454 e. The van der Waals surface area contributed by atoms with Crippen LogP contribution in [0.3, 0.4) is 0 Å². The van der Waals surface area contributed by atoms with E-state index in [1.54, 1.807) is 17.8 Å². The highest BCUT2D eigenvalue weighted by Gasteiger charge is 2.30. The van der Waals surface area contributed by atoms with E-state index in [9.17, 15) is 4.79 Å². The van der Waals surface area contributed by atoms with E-state index in [-0.39, 0.29) is 18.1 Å². The lowest BCUT2D eigenvalue weighted by atomic mass is 10.1. The molecule has 0 aromatic heterocycles. The van der Waals surface area contributed by atoms with E-state index in [0.29, 0.717) is 0 Å². The number of rotatable bonds is 3. The summed E-state index contributed by atoms with van der Waals surface area (Å²) in [5.41, 5.74) is 2.10. The fourth-order valence-electron chi connectivity index (χ4n) is 2.87. The number of carbonyl (C=O) groups excluding carboxylic acids is 1. The molecule has 2 aliphatic rings. The summed E-state index contributed by atoms with van der Waals surface area (Å²) in [6.07, 6.45) is 3.52. The highest BCUT2D eigenvalue weighted by molar-refractivity contribution is 7.99. The summed E-state index contributed by atoms with van der Waals surface area (Å²) in [7, 11) is 0. The molecule has 4 nitrogen and oxygen atoms in total. The van der Waals surface area contributed by atoms with Gasteiger partial charge in [0.15, 0.2) is 11.5 Å². The van der Waals surface area contributed by atoms with Gasteiger partial charge in [-0.15, -0.1) is 11.8 Å². The molecular formula is C19H17NO3S. The molecule has 0 radical (unpaired) electrons. The Balaban J connectivity index is 1.52. The molecule has 2 heterocycles. The van der Waals surface area contributed by atoms with Crippen molar-refractivity contribution in [2.24, 2.45) is 0 Å². The fraction of sp³-hybridized carbons (Fsp3) is 0.211. The summed E-state index contributed by atoms with van der Waals surface area (Å²) in [4.78, 5) is 14.5. The maximum Gasteiger partial charge on any atom is 0.247 e. The Kier molecular flexibility index (Phi) is 4.17. The van der Waals surface area contributed by atoms with Gasteiger partial charge in [0.05, 0.1) is 0 Å². The molecule has 2 aliphatic heterocycles. The van der Waals surface area contributed by atoms with Crippen molar-refractivity contribution in [1.29, 1.82) is 0 Å². The predicted molar refractivity (Wildman–Crippen MR) is 95.0 cm³/mol. The minimum absolute atomic E-state index is 0.0208. The van der Waals surface area contributed by atoms with Gasteiger partial charge in [-0.1, -0.05) is 36.4 Å². The Morgan fingerprint density at radius 1 is 1.12 bits per heavy atom. The lowest BCUT2D eigenvalue weighted by Gasteiger charge is -2.23. The van der Waals surface area contributed by atoms with E-state index in [2.05, 4.69) is 0 Å². The maximum atomic E-state index is 12.6. The zero-order valence-electron chi connectivity index (χ0n) is 13.1. The highest BCUT2D eigenvalue weighted by Crippen LogP contribution is 2.42. The van der Waals surface area contributed by atoms with E-state index in [4.69, 9.17) is 9.47 Å². The second-order valence-electron chi connectivity index (χ2n) is 5.61. The monoisotopic (exact) mass is 339 g/mol. The van der Waals surface area contributed by atoms with Crippen molar-refractivity contribution in [2.45, 2.75) is 5.37 Å². The molecule has 0 aliphatic carbocycles. The zero-order chi connectivity index (χ0) is 16.4. The topological polar surface area (TPSA) is 38.8 Å². The van der Waals surface area contributed by atoms with Gasteiger partial charge in [0.1, 0.15) is 5.37 Å². The van der Waals surface area contributed by atoms with Crippen molar-refractivity contribution >= 4 is 23.7 Å². The summed E-state index contributed by atoms with van der Waals surface area (Å²) < 4.78 is 10.8. The van der Waals surface area contributed by atoms with Crippen molar-refractivity contribution in [1.82, 2.24) is 4.90 Å². The lowest BCUT2D eigenvalue weighted by Crippen LogP contribution is -2.28. The smallest absolute Gasteiger partial charge is 0.247 e. The number of benzene rings is 2. The minimum atomic E-state index is 0.0208. The van der Waals surface area contributed by atoms with Crippen LogP contribution < -0.4 is 9.47 Å². The predicted octanol–water partition coefficient (Wildman–Crippen LogP) is 3.70. The Morgan fingerprint density at radius 3 is 2.83 bits per heavy atom. The first-order valence-corrected chi connectivity index (χ1v) is 8.91.